The molecule has 2 atom stereocenters. The van der Waals surface area contributed by atoms with Crippen LogP contribution in [-0.4, -0.2) is 87.8 Å². The van der Waals surface area contributed by atoms with Crippen molar-refractivity contribution < 1.29 is 28.6 Å². The highest BCUT2D eigenvalue weighted by Gasteiger charge is 2.52. The van der Waals surface area contributed by atoms with Crippen molar-refractivity contribution in [2.45, 2.75) is 31.7 Å². The summed E-state index contributed by atoms with van der Waals surface area (Å²) in [5.74, 6) is -0.379. The van der Waals surface area contributed by atoms with Crippen LogP contribution in [0.4, 0.5) is 9.18 Å². The Morgan fingerprint density at radius 3 is 2.48 bits per heavy atom. The van der Waals surface area contributed by atoms with Crippen molar-refractivity contribution in [3.8, 4) is 11.8 Å². The number of aliphatic hydroxyl groups is 1. The molecule has 12 heteroatoms. The topological polar surface area (TPSA) is 129 Å². The molecule has 4 amide bonds. The summed E-state index contributed by atoms with van der Waals surface area (Å²) in [7, 11) is 0. The fourth-order valence-electron chi connectivity index (χ4n) is 6.35. The summed E-state index contributed by atoms with van der Waals surface area (Å²) in [4.78, 5) is 44.8. The van der Waals surface area contributed by atoms with Gasteiger partial charge in [-0.15, -0.1) is 0 Å². The molecule has 0 aromatic heterocycles. The Kier molecular flexibility index (Phi) is 9.80. The van der Waals surface area contributed by atoms with Gasteiger partial charge >= 0.3 is 6.03 Å². The molecule has 0 unspecified atom stereocenters. The maximum atomic E-state index is 14.3. The molecule has 2 N–H and O–H groups in total. The first-order chi connectivity index (χ1) is 23.4. The molecule has 2 saturated heterocycles. The van der Waals surface area contributed by atoms with E-state index in [4.69, 9.17) is 9.84 Å². The van der Waals surface area contributed by atoms with Crippen LogP contribution in [-0.2, 0) is 29.1 Å². The fourth-order valence-corrected chi connectivity index (χ4v) is 6.35. The number of benzene rings is 4. The van der Waals surface area contributed by atoms with Crippen LogP contribution in [0.1, 0.15) is 16.7 Å². The number of carbonyl (C=O) groups is 3. The lowest BCUT2D eigenvalue weighted by atomic mass is 9.99. The molecule has 0 saturated carbocycles. The van der Waals surface area contributed by atoms with Crippen LogP contribution in [0.25, 0.3) is 10.8 Å². The van der Waals surface area contributed by atoms with Crippen LogP contribution < -0.4 is 10.1 Å². The summed E-state index contributed by atoms with van der Waals surface area (Å²) in [6.45, 7) is -0.00580. The average Bonchev–Trinajstić information content (AvgIpc) is 3.43. The normalized spacial score (nSPS) is 17.7. The second-order valence-corrected chi connectivity index (χ2v) is 11.7. The van der Waals surface area contributed by atoms with Gasteiger partial charge in [0.1, 0.15) is 36.9 Å². The molecule has 4 aromatic rings. The van der Waals surface area contributed by atoms with Gasteiger partial charge in [-0.2, -0.15) is 10.3 Å². The molecule has 0 spiro atoms. The van der Waals surface area contributed by atoms with Gasteiger partial charge in [0, 0.05) is 19.5 Å². The Bertz CT molecular complexity index is 1820. The number of piperazine rings is 1. The van der Waals surface area contributed by atoms with E-state index in [0.717, 1.165) is 21.9 Å². The maximum absolute atomic E-state index is 14.3. The summed E-state index contributed by atoms with van der Waals surface area (Å²) >= 11 is 0. The van der Waals surface area contributed by atoms with Crippen molar-refractivity contribution >= 4 is 28.6 Å². The number of nitriles is 1. The van der Waals surface area contributed by atoms with Gasteiger partial charge in [0.2, 0.25) is 11.8 Å². The lowest BCUT2D eigenvalue weighted by Gasteiger charge is -2.46. The van der Waals surface area contributed by atoms with E-state index in [1.165, 1.54) is 22.0 Å². The summed E-state index contributed by atoms with van der Waals surface area (Å²) in [5, 5.41) is 26.4. The van der Waals surface area contributed by atoms with E-state index in [-0.39, 0.29) is 64.2 Å². The number of hydrazine groups is 1. The molecule has 2 fully saturated rings. The molecule has 0 bridgehead atoms. The maximum Gasteiger partial charge on any atom is 0.333 e. The van der Waals surface area contributed by atoms with Gasteiger partial charge in [0.25, 0.3) is 0 Å². The number of ether oxygens (including phenoxy) is 1. The molecule has 2 heterocycles. The van der Waals surface area contributed by atoms with Crippen molar-refractivity contribution in [3.05, 3.63) is 114 Å². The Morgan fingerprint density at radius 2 is 1.73 bits per heavy atom. The number of nitrogens with one attached hydrogen (secondary N) is 1. The number of carbonyl (C=O) groups excluding carboxylic acids is 3. The predicted molar refractivity (Wildman–Crippen MR) is 174 cm³/mol. The minimum Gasteiger partial charge on any atom is -0.491 e. The zero-order valence-corrected chi connectivity index (χ0v) is 26.2. The third-order valence-corrected chi connectivity index (χ3v) is 8.64. The number of hydrogen-bond donors (Lipinski definition) is 2. The Balaban J connectivity index is 1.30. The minimum atomic E-state index is -0.869. The summed E-state index contributed by atoms with van der Waals surface area (Å²) in [6.07, 6.45) is -0.497. The van der Waals surface area contributed by atoms with Crippen LogP contribution in [0.5, 0.6) is 5.75 Å². The van der Waals surface area contributed by atoms with Gasteiger partial charge in [-0.1, -0.05) is 66.7 Å². The largest absolute Gasteiger partial charge is 0.491 e. The van der Waals surface area contributed by atoms with E-state index in [0.29, 0.717) is 11.3 Å². The van der Waals surface area contributed by atoms with Crippen LogP contribution in [0, 0.1) is 17.1 Å². The molecule has 2 aliphatic rings. The molecule has 48 heavy (non-hydrogen) atoms. The fraction of sp³-hybridized carbons (Fsp3) is 0.278. The number of amides is 4. The molecule has 2 aliphatic heterocycles. The molecule has 0 radical (unpaired) electrons. The second-order valence-electron chi connectivity index (χ2n) is 11.7. The molecular weight excluding hydrogens is 615 g/mol. The van der Waals surface area contributed by atoms with Gasteiger partial charge in [0.15, 0.2) is 0 Å². The zero-order valence-electron chi connectivity index (χ0n) is 26.2. The summed E-state index contributed by atoms with van der Waals surface area (Å²) in [5.41, 5.74) is 2.41. The molecular formula is C36H35FN6O5. The number of aliphatic hydroxyl groups excluding tert-OH is 1. The number of rotatable bonds is 11. The molecule has 0 aliphatic carbocycles. The first-order valence-electron chi connectivity index (χ1n) is 15.7. The first-order valence-corrected chi connectivity index (χ1v) is 15.7. The van der Waals surface area contributed by atoms with Gasteiger partial charge in [0.05, 0.1) is 25.8 Å². The summed E-state index contributed by atoms with van der Waals surface area (Å²) < 4.78 is 18.9. The van der Waals surface area contributed by atoms with E-state index >= 15 is 0 Å². The van der Waals surface area contributed by atoms with Gasteiger partial charge in [-0.05, 0) is 51.7 Å². The quantitative estimate of drug-likeness (QED) is 0.238. The van der Waals surface area contributed by atoms with Crippen molar-refractivity contribution in [2.24, 2.45) is 0 Å². The average molecular weight is 651 g/mol. The van der Waals surface area contributed by atoms with Crippen LogP contribution in [0.2, 0.25) is 0 Å². The number of hydrogen-bond acceptors (Lipinski definition) is 7. The summed E-state index contributed by atoms with van der Waals surface area (Å²) in [6, 6.07) is 27.3. The molecule has 11 nitrogen and oxygen atoms in total. The number of fused-ring (bicyclic) bond motifs is 2. The van der Waals surface area contributed by atoms with E-state index < -0.39 is 24.1 Å². The monoisotopic (exact) mass is 650 g/mol. The highest BCUT2D eigenvalue weighted by molar-refractivity contribution is 5.92. The van der Waals surface area contributed by atoms with Crippen molar-refractivity contribution in [2.75, 3.05) is 32.8 Å². The SMILES string of the molecule is N#CCN(C(=O)NCc1ccc(F)cc1)N1CC(=O)N2[C@@H](Cc3ccc(OCCO)cc3)C(=O)N(Cc3cccc4ccccc34)C[C@@H]21. The third kappa shape index (κ3) is 6.92. The first kappa shape index (κ1) is 32.4. The molecule has 246 valence electrons. The zero-order chi connectivity index (χ0) is 33.6. The van der Waals surface area contributed by atoms with E-state index in [1.54, 1.807) is 34.2 Å². The smallest absolute Gasteiger partial charge is 0.333 e. The molecule has 4 aromatic carbocycles. The van der Waals surface area contributed by atoms with Crippen LogP contribution in [0.3, 0.4) is 0 Å². The highest BCUT2D eigenvalue weighted by atomic mass is 19.1. The number of nitrogens with zero attached hydrogens (tertiary/aromatic N) is 5. The minimum absolute atomic E-state index is 0.0868. The Hall–Kier alpha value is -5.51. The standard InChI is InChI=1S/C36H35FN6O5/c37-29-12-8-26(9-13-29)21-39-36(47)41(17-16-38)42-24-34(45)43-32(20-25-10-14-30(15-11-25)48-19-18-44)35(46)40(23-33(42)43)22-28-6-3-5-27-4-1-2-7-31(27)28/h1-15,32-33,44H,17-24H2,(H,39,47)/t32-,33+/m0/s1. The third-order valence-electron chi connectivity index (χ3n) is 8.64. The van der Waals surface area contributed by atoms with E-state index in [2.05, 4.69) is 5.32 Å². The van der Waals surface area contributed by atoms with Gasteiger partial charge in [-0.25, -0.2) is 14.2 Å². The van der Waals surface area contributed by atoms with Crippen molar-refractivity contribution in [3.63, 3.8) is 0 Å². The van der Waals surface area contributed by atoms with Gasteiger partial charge < -0.3 is 25.0 Å². The van der Waals surface area contributed by atoms with Crippen molar-refractivity contribution in [1.29, 1.82) is 5.26 Å². The highest BCUT2D eigenvalue weighted by Crippen LogP contribution is 2.31. The lowest BCUT2D eigenvalue weighted by molar-refractivity contribution is -0.157. The number of halogens is 1. The van der Waals surface area contributed by atoms with Gasteiger partial charge in [-0.3, -0.25) is 9.59 Å². The number of urea groups is 1. The Morgan fingerprint density at radius 1 is 1.00 bits per heavy atom. The van der Waals surface area contributed by atoms with Crippen molar-refractivity contribution in [1.82, 2.24) is 25.1 Å². The van der Waals surface area contributed by atoms with E-state index in [1.807, 2.05) is 60.7 Å². The second kappa shape index (κ2) is 14.5. The predicted octanol–water partition coefficient (Wildman–Crippen LogP) is 3.42. The van der Waals surface area contributed by atoms with Crippen LogP contribution >= 0.6 is 0 Å². The van der Waals surface area contributed by atoms with Crippen LogP contribution in [0.15, 0.2) is 91.0 Å². The van der Waals surface area contributed by atoms with E-state index in [9.17, 15) is 24.0 Å². The molecule has 6 rings (SSSR count). The Labute approximate surface area is 277 Å². The lowest BCUT2D eigenvalue weighted by Crippen LogP contribution is -2.66.